The fraction of sp³-hybridized carbons (Fsp3) is 0.400. The van der Waals surface area contributed by atoms with Crippen LogP contribution in [0.5, 0.6) is 0 Å². The zero-order valence-corrected chi connectivity index (χ0v) is 24.9. The molecule has 42 heavy (non-hydrogen) atoms. The first-order valence-corrected chi connectivity index (χ1v) is 13.0. The molecule has 2 amide bonds. The largest absolute Gasteiger partial charge is 0.454 e. The van der Waals surface area contributed by atoms with Gasteiger partial charge in [0.15, 0.2) is 12.2 Å². The highest BCUT2D eigenvalue weighted by molar-refractivity contribution is 5.98. The van der Waals surface area contributed by atoms with Crippen LogP contribution in [0.25, 0.3) is 0 Å². The Bertz CT molecular complexity index is 1270. The maximum atomic E-state index is 13.6. The van der Waals surface area contributed by atoms with Crippen LogP contribution in [0.2, 0.25) is 0 Å². The molecule has 0 aliphatic carbocycles. The number of rotatable bonds is 11. The van der Waals surface area contributed by atoms with Crippen LogP contribution in [-0.4, -0.2) is 60.1 Å². The second-order valence-corrected chi connectivity index (χ2v) is 9.82. The molecule has 0 aliphatic rings. The number of amides is 2. The molecule has 0 saturated heterocycles. The van der Waals surface area contributed by atoms with E-state index in [0.29, 0.717) is 22.5 Å². The van der Waals surface area contributed by atoms with Crippen molar-refractivity contribution in [2.45, 2.75) is 79.8 Å². The number of esters is 4. The maximum Gasteiger partial charge on any atom is 0.303 e. The molecule has 4 atom stereocenters. The SMILES string of the molecule is CC(=O)OC(C(=O)Nc1ccc(C)cc1C)C(OC(C)=O)C(OC(C)=O)C(OC(C)=O)C(=O)Nc1ccc(C)cc1C. The van der Waals surface area contributed by atoms with Gasteiger partial charge in [-0.2, -0.15) is 0 Å². The molecular formula is C30H36N2O10. The minimum atomic E-state index is -1.94. The molecule has 0 radical (unpaired) electrons. The van der Waals surface area contributed by atoms with Gasteiger partial charge in [-0.05, 0) is 51.0 Å². The fourth-order valence-electron chi connectivity index (χ4n) is 4.20. The predicted molar refractivity (Wildman–Crippen MR) is 151 cm³/mol. The van der Waals surface area contributed by atoms with E-state index in [1.54, 1.807) is 50.2 Å². The first-order valence-electron chi connectivity index (χ1n) is 13.0. The van der Waals surface area contributed by atoms with Crippen LogP contribution >= 0.6 is 0 Å². The summed E-state index contributed by atoms with van der Waals surface area (Å²) in [6.45, 7) is 11.2. The van der Waals surface area contributed by atoms with Gasteiger partial charge in [0.25, 0.3) is 11.8 Å². The van der Waals surface area contributed by atoms with Crippen molar-refractivity contribution in [1.29, 1.82) is 0 Å². The molecule has 2 rings (SSSR count). The molecule has 4 unspecified atom stereocenters. The lowest BCUT2D eigenvalue weighted by molar-refractivity contribution is -0.198. The van der Waals surface area contributed by atoms with Gasteiger partial charge in [-0.25, -0.2) is 0 Å². The van der Waals surface area contributed by atoms with E-state index in [0.717, 1.165) is 38.8 Å². The first kappa shape index (κ1) is 33.5. The summed E-state index contributed by atoms with van der Waals surface area (Å²) in [7, 11) is 0. The number of carbonyl (C=O) groups is 6. The second kappa shape index (κ2) is 14.8. The van der Waals surface area contributed by atoms with Crippen molar-refractivity contribution in [3.05, 3.63) is 58.7 Å². The molecule has 12 nitrogen and oxygen atoms in total. The third-order valence-electron chi connectivity index (χ3n) is 5.91. The smallest absolute Gasteiger partial charge is 0.303 e. The Kier molecular flexibility index (Phi) is 11.8. The van der Waals surface area contributed by atoms with Gasteiger partial charge in [0.2, 0.25) is 12.2 Å². The third kappa shape index (κ3) is 9.72. The number of hydrogen-bond donors (Lipinski definition) is 2. The molecule has 0 bridgehead atoms. The van der Waals surface area contributed by atoms with E-state index in [4.69, 9.17) is 18.9 Å². The summed E-state index contributed by atoms with van der Waals surface area (Å²) in [5.41, 5.74) is 3.92. The Balaban J connectivity index is 2.64. The van der Waals surface area contributed by atoms with Gasteiger partial charge in [-0.15, -0.1) is 0 Å². The Morgan fingerprint density at radius 2 is 0.833 bits per heavy atom. The van der Waals surface area contributed by atoms with Crippen LogP contribution < -0.4 is 10.6 Å². The van der Waals surface area contributed by atoms with Crippen molar-refractivity contribution >= 4 is 47.1 Å². The minimum Gasteiger partial charge on any atom is -0.454 e. The van der Waals surface area contributed by atoms with Crippen molar-refractivity contribution < 1.29 is 47.7 Å². The van der Waals surface area contributed by atoms with E-state index in [9.17, 15) is 28.8 Å². The Morgan fingerprint density at radius 3 is 1.10 bits per heavy atom. The molecule has 0 heterocycles. The van der Waals surface area contributed by atoms with Crippen LogP contribution in [-0.2, 0) is 47.7 Å². The molecule has 2 aromatic rings. The van der Waals surface area contributed by atoms with Crippen molar-refractivity contribution in [2.75, 3.05) is 10.6 Å². The monoisotopic (exact) mass is 584 g/mol. The van der Waals surface area contributed by atoms with Gasteiger partial charge in [0.05, 0.1) is 0 Å². The fourth-order valence-corrected chi connectivity index (χ4v) is 4.20. The zero-order valence-electron chi connectivity index (χ0n) is 24.9. The van der Waals surface area contributed by atoms with Gasteiger partial charge >= 0.3 is 23.9 Å². The third-order valence-corrected chi connectivity index (χ3v) is 5.91. The topological polar surface area (TPSA) is 163 Å². The van der Waals surface area contributed by atoms with Crippen molar-refractivity contribution in [2.24, 2.45) is 0 Å². The van der Waals surface area contributed by atoms with Gasteiger partial charge in [0.1, 0.15) is 0 Å². The van der Waals surface area contributed by atoms with Gasteiger partial charge < -0.3 is 29.6 Å². The van der Waals surface area contributed by atoms with Crippen molar-refractivity contribution in [3.8, 4) is 0 Å². The minimum absolute atomic E-state index is 0.359. The standard InChI is InChI=1S/C30H36N2O10/c1-15-9-11-23(17(3)13-15)31-29(37)27(41-21(7)35)25(39-19(5)33)26(40-20(6)34)28(42-22(8)36)30(38)32-24-12-10-16(2)14-18(24)4/h9-14,25-28H,1-8H3,(H,31,37)(H,32,38). The molecule has 0 fully saturated rings. The number of carbonyl (C=O) groups excluding carboxylic acids is 6. The molecule has 0 aromatic heterocycles. The van der Waals surface area contributed by atoms with Crippen LogP contribution in [0.3, 0.4) is 0 Å². The quantitative estimate of drug-likeness (QED) is 0.296. The van der Waals surface area contributed by atoms with Gasteiger partial charge in [0, 0.05) is 39.1 Å². The summed E-state index contributed by atoms with van der Waals surface area (Å²) in [5.74, 6) is -5.75. The second-order valence-electron chi connectivity index (χ2n) is 9.82. The number of hydrogen-bond acceptors (Lipinski definition) is 10. The number of benzene rings is 2. The van der Waals surface area contributed by atoms with Crippen molar-refractivity contribution in [3.63, 3.8) is 0 Å². The molecule has 0 spiro atoms. The Hall–Kier alpha value is -4.74. The molecule has 226 valence electrons. The summed E-state index contributed by atoms with van der Waals surface area (Å²) in [6.07, 6.45) is -7.72. The highest BCUT2D eigenvalue weighted by Gasteiger charge is 2.49. The highest BCUT2D eigenvalue weighted by Crippen LogP contribution is 2.24. The number of nitrogens with one attached hydrogen (secondary N) is 2. The average Bonchev–Trinajstić information content (AvgIpc) is 2.86. The number of ether oxygens (including phenoxy) is 4. The lowest BCUT2D eigenvalue weighted by atomic mass is 9.99. The van der Waals surface area contributed by atoms with E-state index < -0.39 is 60.1 Å². The molecule has 0 aliphatic heterocycles. The Morgan fingerprint density at radius 1 is 0.524 bits per heavy atom. The van der Waals surface area contributed by atoms with Gasteiger partial charge in [-0.1, -0.05) is 35.4 Å². The first-order chi connectivity index (χ1) is 19.6. The van der Waals surface area contributed by atoms with E-state index in [1.807, 2.05) is 13.8 Å². The average molecular weight is 585 g/mol. The lowest BCUT2D eigenvalue weighted by Gasteiger charge is -2.34. The molecule has 0 saturated carbocycles. The molecule has 12 heteroatoms. The summed E-state index contributed by atoms with van der Waals surface area (Å²) in [6, 6.07) is 10.3. The van der Waals surface area contributed by atoms with E-state index in [1.165, 1.54) is 0 Å². The van der Waals surface area contributed by atoms with E-state index in [2.05, 4.69) is 10.6 Å². The van der Waals surface area contributed by atoms with Crippen molar-refractivity contribution in [1.82, 2.24) is 0 Å². The normalized spacial score (nSPS) is 13.4. The van der Waals surface area contributed by atoms with Gasteiger partial charge in [-0.3, -0.25) is 28.8 Å². The molecule has 2 aromatic carbocycles. The number of anilines is 2. The van der Waals surface area contributed by atoms with Crippen LogP contribution in [0.4, 0.5) is 11.4 Å². The maximum absolute atomic E-state index is 13.6. The summed E-state index contributed by atoms with van der Waals surface area (Å²) in [5, 5.41) is 5.22. The summed E-state index contributed by atoms with van der Waals surface area (Å²) >= 11 is 0. The van der Waals surface area contributed by atoms with Crippen LogP contribution in [0.15, 0.2) is 36.4 Å². The molecule has 2 N–H and O–H groups in total. The van der Waals surface area contributed by atoms with Crippen LogP contribution in [0, 0.1) is 27.7 Å². The summed E-state index contributed by atoms with van der Waals surface area (Å²) < 4.78 is 21.3. The van der Waals surface area contributed by atoms with Crippen LogP contribution in [0.1, 0.15) is 49.9 Å². The highest BCUT2D eigenvalue weighted by atomic mass is 16.6. The summed E-state index contributed by atoms with van der Waals surface area (Å²) in [4.78, 5) is 75.9. The van der Waals surface area contributed by atoms with E-state index in [-0.39, 0.29) is 0 Å². The predicted octanol–water partition coefficient (Wildman–Crippen LogP) is 3.22. The molecular weight excluding hydrogens is 548 g/mol. The lowest BCUT2D eigenvalue weighted by Crippen LogP contribution is -2.57. The number of aryl methyl sites for hydroxylation is 4. The zero-order chi connectivity index (χ0) is 31.7. The Labute approximate surface area is 244 Å². The van der Waals surface area contributed by atoms with E-state index >= 15 is 0 Å².